The molecule has 0 aliphatic heterocycles. The normalized spacial score (nSPS) is 13.8. The minimum absolute atomic E-state index is 0.0621. The highest BCUT2D eigenvalue weighted by Crippen LogP contribution is 2.07. The lowest BCUT2D eigenvalue weighted by Gasteiger charge is -2.24. The van der Waals surface area contributed by atoms with Gasteiger partial charge in [-0.2, -0.15) is 0 Å². The average molecular weight is 528 g/mol. The fourth-order valence-electron chi connectivity index (χ4n) is 3.58. The SMILES string of the molecule is NC(=O)CCC(NC(=O)C(CO)NC(=O)C(Cc1ccccc1)NC(=O)C(N)Cc1ccccc1)C(=O)O. The van der Waals surface area contributed by atoms with Crippen molar-refractivity contribution in [3.05, 3.63) is 71.8 Å². The Morgan fingerprint density at radius 2 is 1.18 bits per heavy atom. The van der Waals surface area contributed by atoms with Crippen LogP contribution in [0, 0.1) is 0 Å². The van der Waals surface area contributed by atoms with Crippen LogP contribution in [-0.4, -0.2) is 70.6 Å². The van der Waals surface area contributed by atoms with Gasteiger partial charge in [0.15, 0.2) is 0 Å². The Kier molecular flexibility index (Phi) is 11.9. The molecule has 0 bridgehead atoms. The summed E-state index contributed by atoms with van der Waals surface area (Å²) in [4.78, 5) is 61.0. The maximum atomic E-state index is 13.1. The van der Waals surface area contributed by atoms with E-state index in [9.17, 15) is 34.2 Å². The van der Waals surface area contributed by atoms with Gasteiger partial charge in [-0.3, -0.25) is 19.2 Å². The fraction of sp³-hybridized carbons (Fsp3) is 0.346. The first kappa shape index (κ1) is 29.9. The van der Waals surface area contributed by atoms with Crippen molar-refractivity contribution >= 4 is 29.6 Å². The Bertz CT molecular complexity index is 1100. The van der Waals surface area contributed by atoms with Crippen LogP contribution in [0.15, 0.2) is 60.7 Å². The van der Waals surface area contributed by atoms with E-state index in [1.807, 2.05) is 30.3 Å². The summed E-state index contributed by atoms with van der Waals surface area (Å²) in [7, 11) is 0. The van der Waals surface area contributed by atoms with Crippen LogP contribution in [-0.2, 0) is 36.8 Å². The highest BCUT2D eigenvalue weighted by molar-refractivity contribution is 5.94. The number of hydrogen-bond acceptors (Lipinski definition) is 7. The molecule has 0 heterocycles. The third kappa shape index (κ3) is 9.99. The number of carboxylic acid groups (broad SMARTS) is 1. The smallest absolute Gasteiger partial charge is 0.326 e. The van der Waals surface area contributed by atoms with E-state index in [4.69, 9.17) is 11.5 Å². The number of aliphatic carboxylic acids is 1. The van der Waals surface area contributed by atoms with E-state index in [2.05, 4.69) is 16.0 Å². The second-order valence-electron chi connectivity index (χ2n) is 8.70. The summed E-state index contributed by atoms with van der Waals surface area (Å²) in [5.74, 6) is -4.52. The van der Waals surface area contributed by atoms with Crippen LogP contribution in [0.2, 0.25) is 0 Å². The second-order valence-corrected chi connectivity index (χ2v) is 8.70. The third-order valence-corrected chi connectivity index (χ3v) is 5.66. The number of hydrogen-bond donors (Lipinski definition) is 7. The molecule has 0 aliphatic carbocycles. The van der Waals surface area contributed by atoms with Gasteiger partial charge >= 0.3 is 5.97 Å². The summed E-state index contributed by atoms with van der Waals surface area (Å²) in [6.07, 6.45) is -0.265. The molecule has 4 unspecified atom stereocenters. The van der Waals surface area contributed by atoms with Crippen molar-refractivity contribution in [2.75, 3.05) is 6.61 Å². The zero-order chi connectivity index (χ0) is 28.1. The third-order valence-electron chi connectivity index (χ3n) is 5.66. The topological polar surface area (TPSA) is 214 Å². The Balaban J connectivity index is 2.12. The predicted octanol–water partition coefficient (Wildman–Crippen LogP) is -1.40. The van der Waals surface area contributed by atoms with Crippen molar-refractivity contribution < 1.29 is 34.2 Å². The summed E-state index contributed by atoms with van der Waals surface area (Å²) in [5, 5.41) is 26.2. The number of carbonyl (C=O) groups excluding carboxylic acids is 4. The Morgan fingerprint density at radius 1 is 0.711 bits per heavy atom. The lowest BCUT2D eigenvalue weighted by atomic mass is 10.0. The van der Waals surface area contributed by atoms with Crippen molar-refractivity contribution in [3.63, 3.8) is 0 Å². The number of benzene rings is 2. The molecule has 0 spiro atoms. The molecule has 9 N–H and O–H groups in total. The van der Waals surface area contributed by atoms with Gasteiger partial charge in [0.05, 0.1) is 12.6 Å². The molecule has 12 nitrogen and oxygen atoms in total. The first-order valence-electron chi connectivity index (χ1n) is 12.0. The van der Waals surface area contributed by atoms with Gasteiger partial charge in [-0.25, -0.2) is 4.79 Å². The molecule has 0 aromatic heterocycles. The highest BCUT2D eigenvalue weighted by Gasteiger charge is 2.30. The monoisotopic (exact) mass is 527 g/mol. The highest BCUT2D eigenvalue weighted by atomic mass is 16.4. The molecule has 4 atom stereocenters. The van der Waals surface area contributed by atoms with E-state index in [0.717, 1.165) is 5.56 Å². The van der Waals surface area contributed by atoms with Crippen LogP contribution in [0.4, 0.5) is 0 Å². The molecule has 38 heavy (non-hydrogen) atoms. The van der Waals surface area contributed by atoms with E-state index in [1.54, 1.807) is 30.3 Å². The van der Waals surface area contributed by atoms with Crippen molar-refractivity contribution in [3.8, 4) is 0 Å². The molecular formula is C26H33N5O7. The minimum Gasteiger partial charge on any atom is -0.480 e. The number of nitrogens with one attached hydrogen (secondary N) is 3. The largest absolute Gasteiger partial charge is 0.480 e. The number of nitrogens with two attached hydrogens (primary N) is 2. The Labute approximate surface area is 219 Å². The number of rotatable bonds is 15. The number of aliphatic hydroxyl groups is 1. The zero-order valence-corrected chi connectivity index (χ0v) is 20.7. The fourth-order valence-corrected chi connectivity index (χ4v) is 3.58. The molecule has 0 saturated carbocycles. The molecule has 2 aromatic carbocycles. The second kappa shape index (κ2) is 15.1. The Hall–Kier alpha value is -4.29. The van der Waals surface area contributed by atoms with E-state index in [0.29, 0.717) is 5.56 Å². The quantitative estimate of drug-likeness (QED) is 0.146. The van der Waals surface area contributed by atoms with Gasteiger partial charge in [0, 0.05) is 12.8 Å². The van der Waals surface area contributed by atoms with Gasteiger partial charge < -0.3 is 37.6 Å². The van der Waals surface area contributed by atoms with Gasteiger partial charge in [0.25, 0.3) is 0 Å². The van der Waals surface area contributed by atoms with Crippen molar-refractivity contribution in [1.82, 2.24) is 16.0 Å². The molecule has 0 saturated heterocycles. The van der Waals surface area contributed by atoms with Gasteiger partial charge in [-0.1, -0.05) is 60.7 Å². The van der Waals surface area contributed by atoms with Gasteiger partial charge in [-0.15, -0.1) is 0 Å². The summed E-state index contributed by atoms with van der Waals surface area (Å²) in [6.45, 7) is -0.848. The molecule has 4 amide bonds. The first-order valence-corrected chi connectivity index (χ1v) is 12.0. The molecule has 204 valence electrons. The van der Waals surface area contributed by atoms with Crippen molar-refractivity contribution in [2.45, 2.75) is 49.9 Å². The molecule has 2 aromatic rings. The number of carboxylic acids is 1. The van der Waals surface area contributed by atoms with Crippen LogP contribution in [0.3, 0.4) is 0 Å². The van der Waals surface area contributed by atoms with Gasteiger partial charge in [0.1, 0.15) is 18.1 Å². The molecule has 0 fully saturated rings. The van der Waals surface area contributed by atoms with Crippen LogP contribution < -0.4 is 27.4 Å². The van der Waals surface area contributed by atoms with E-state index in [-0.39, 0.29) is 25.7 Å². The van der Waals surface area contributed by atoms with E-state index >= 15 is 0 Å². The van der Waals surface area contributed by atoms with Crippen LogP contribution in [0.25, 0.3) is 0 Å². The van der Waals surface area contributed by atoms with Crippen LogP contribution in [0.5, 0.6) is 0 Å². The maximum absolute atomic E-state index is 13.1. The number of primary amides is 1. The van der Waals surface area contributed by atoms with Crippen molar-refractivity contribution in [2.24, 2.45) is 11.5 Å². The number of aliphatic hydroxyl groups excluding tert-OH is 1. The zero-order valence-electron chi connectivity index (χ0n) is 20.7. The molecule has 12 heteroatoms. The standard InChI is InChI=1S/C26H33N5O7/c27-18(13-16-7-3-1-4-8-16)23(34)30-20(14-17-9-5-2-6-10-17)24(35)31-21(15-32)25(36)29-19(26(37)38)11-12-22(28)33/h1-10,18-21,32H,11-15,27H2,(H2,28,33)(H,29,36)(H,30,34)(H,31,35)(H,37,38). The first-order chi connectivity index (χ1) is 18.1. The lowest BCUT2D eigenvalue weighted by molar-refractivity contribution is -0.143. The van der Waals surface area contributed by atoms with Gasteiger partial charge in [0.2, 0.25) is 23.6 Å². The Morgan fingerprint density at radius 3 is 1.68 bits per heavy atom. The van der Waals surface area contributed by atoms with Crippen LogP contribution >= 0.6 is 0 Å². The average Bonchev–Trinajstić information content (AvgIpc) is 2.89. The van der Waals surface area contributed by atoms with E-state index in [1.165, 1.54) is 0 Å². The molecular weight excluding hydrogens is 494 g/mol. The summed E-state index contributed by atoms with van der Waals surface area (Å²) in [6, 6.07) is 12.8. The predicted molar refractivity (Wildman–Crippen MR) is 137 cm³/mol. The molecule has 0 aliphatic rings. The van der Waals surface area contributed by atoms with Crippen LogP contribution in [0.1, 0.15) is 24.0 Å². The summed E-state index contributed by atoms with van der Waals surface area (Å²) in [5.41, 5.74) is 12.7. The molecule has 0 radical (unpaired) electrons. The summed E-state index contributed by atoms with van der Waals surface area (Å²) < 4.78 is 0. The molecule has 2 rings (SSSR count). The van der Waals surface area contributed by atoms with Gasteiger partial charge in [-0.05, 0) is 24.0 Å². The summed E-state index contributed by atoms with van der Waals surface area (Å²) >= 11 is 0. The number of amides is 4. The van der Waals surface area contributed by atoms with Crippen molar-refractivity contribution in [1.29, 1.82) is 0 Å². The minimum atomic E-state index is -1.52. The lowest BCUT2D eigenvalue weighted by Crippen LogP contribution is -2.58. The number of carbonyl (C=O) groups is 5. The van der Waals surface area contributed by atoms with E-state index < -0.39 is 60.4 Å². The maximum Gasteiger partial charge on any atom is 0.326 e.